The van der Waals surface area contributed by atoms with Crippen LogP contribution in [0.4, 0.5) is 11.4 Å². The Kier molecular flexibility index (Phi) is 5.06. The van der Waals surface area contributed by atoms with Crippen LogP contribution < -0.4 is 10.5 Å². The third-order valence-corrected chi connectivity index (χ3v) is 6.11. The first-order chi connectivity index (χ1) is 13.9. The molecule has 3 aromatic rings. The van der Waals surface area contributed by atoms with Crippen molar-refractivity contribution in [1.29, 1.82) is 0 Å². The smallest absolute Gasteiger partial charge is 0.270 e. The molecule has 0 radical (unpaired) electrons. The molecule has 4 rings (SSSR count). The maximum Gasteiger partial charge on any atom is 0.270 e. The van der Waals surface area contributed by atoms with E-state index in [1.807, 2.05) is 24.3 Å². The lowest BCUT2D eigenvalue weighted by atomic mass is 10.2. The van der Waals surface area contributed by atoms with E-state index in [9.17, 15) is 19.7 Å². The summed E-state index contributed by atoms with van der Waals surface area (Å²) < 4.78 is 1.21. The largest absolute Gasteiger partial charge is 0.310 e. The molecule has 0 N–H and O–H groups in total. The average molecular weight is 410 g/mol. The minimum Gasteiger partial charge on any atom is -0.310 e. The molecule has 2 aromatic carbocycles. The van der Waals surface area contributed by atoms with Gasteiger partial charge in [0.2, 0.25) is 5.91 Å². The molecule has 2 heterocycles. The molecule has 1 atom stereocenters. The summed E-state index contributed by atoms with van der Waals surface area (Å²) in [7, 11) is 0. The second-order valence-corrected chi connectivity index (χ2v) is 8.35. The molecular weight excluding hydrogens is 392 g/mol. The Labute approximate surface area is 170 Å². The summed E-state index contributed by atoms with van der Waals surface area (Å²) in [5.41, 5.74) is 0.532. The Bertz CT molecular complexity index is 1180. The number of hydrogen-bond acceptors (Lipinski definition) is 6. The quantitative estimate of drug-likeness (QED) is 0.486. The number of amides is 1. The number of benzene rings is 2. The Morgan fingerprint density at radius 2 is 2.10 bits per heavy atom. The van der Waals surface area contributed by atoms with E-state index in [4.69, 9.17) is 0 Å². The predicted molar refractivity (Wildman–Crippen MR) is 111 cm³/mol. The van der Waals surface area contributed by atoms with Gasteiger partial charge in [-0.05, 0) is 24.6 Å². The van der Waals surface area contributed by atoms with Gasteiger partial charge in [0.1, 0.15) is 6.54 Å². The number of nitrogens with zero attached hydrogens (tertiary/aromatic N) is 4. The van der Waals surface area contributed by atoms with Crippen molar-refractivity contribution in [2.24, 2.45) is 0 Å². The van der Waals surface area contributed by atoms with Crippen LogP contribution in [0.3, 0.4) is 0 Å². The number of rotatable bonds is 3. The standard InChI is InChI=1S/C20H18N4O4S/c1-13-8-9-23(17-4-2-3-5-18(17)29-13)19(25)11-22-12-21-16-7-6-14(24(27)28)10-15(16)20(22)26/h2-7,10,12-13H,8-9,11H2,1H3/t13-/m1/s1. The Morgan fingerprint density at radius 3 is 2.90 bits per heavy atom. The highest BCUT2D eigenvalue weighted by atomic mass is 32.2. The molecule has 0 fully saturated rings. The van der Waals surface area contributed by atoms with Crippen LogP contribution in [0.15, 0.2) is 58.5 Å². The summed E-state index contributed by atoms with van der Waals surface area (Å²) >= 11 is 1.73. The SMILES string of the molecule is C[C@@H]1CCN(C(=O)Cn2cnc3ccc([N+](=O)[O-])cc3c2=O)c2ccccc2S1. The fraction of sp³-hybridized carbons (Fsp3) is 0.250. The highest BCUT2D eigenvalue weighted by Crippen LogP contribution is 2.37. The zero-order chi connectivity index (χ0) is 20.5. The number of non-ortho nitro benzene ring substituents is 1. The monoisotopic (exact) mass is 410 g/mol. The summed E-state index contributed by atoms with van der Waals surface area (Å²) in [5.74, 6) is -0.221. The number of fused-ring (bicyclic) bond motifs is 2. The van der Waals surface area contributed by atoms with E-state index >= 15 is 0 Å². The molecule has 8 nitrogen and oxygen atoms in total. The lowest BCUT2D eigenvalue weighted by Gasteiger charge is -2.23. The summed E-state index contributed by atoms with van der Waals surface area (Å²) in [6, 6.07) is 11.7. The Hall–Kier alpha value is -3.20. The van der Waals surface area contributed by atoms with E-state index in [0.717, 1.165) is 17.0 Å². The number of para-hydroxylation sites is 1. The van der Waals surface area contributed by atoms with Gasteiger partial charge >= 0.3 is 0 Å². The first-order valence-electron chi connectivity index (χ1n) is 9.13. The summed E-state index contributed by atoms with van der Waals surface area (Å²) in [6.45, 7) is 2.50. The maximum atomic E-state index is 13.1. The van der Waals surface area contributed by atoms with Crippen molar-refractivity contribution in [2.45, 2.75) is 30.0 Å². The summed E-state index contributed by atoms with van der Waals surface area (Å²) in [4.78, 5) is 43.3. The molecule has 0 unspecified atom stereocenters. The average Bonchev–Trinajstić information content (AvgIpc) is 2.88. The first kappa shape index (κ1) is 19.1. The number of anilines is 1. The number of carbonyl (C=O) groups excluding carboxylic acids is 1. The minimum atomic E-state index is -0.561. The number of thioether (sulfide) groups is 1. The fourth-order valence-electron chi connectivity index (χ4n) is 3.35. The number of carbonyl (C=O) groups is 1. The van der Waals surface area contributed by atoms with Crippen LogP contribution in [0.5, 0.6) is 0 Å². The zero-order valence-electron chi connectivity index (χ0n) is 15.6. The highest BCUT2D eigenvalue weighted by Gasteiger charge is 2.24. The molecule has 1 amide bonds. The van der Waals surface area contributed by atoms with Gasteiger partial charge < -0.3 is 4.90 Å². The highest BCUT2D eigenvalue weighted by molar-refractivity contribution is 8.00. The molecule has 1 aliphatic heterocycles. The van der Waals surface area contributed by atoms with E-state index in [-0.39, 0.29) is 23.5 Å². The lowest BCUT2D eigenvalue weighted by Crippen LogP contribution is -2.37. The molecule has 0 bridgehead atoms. The van der Waals surface area contributed by atoms with E-state index in [1.165, 1.54) is 29.1 Å². The third-order valence-electron chi connectivity index (χ3n) is 4.87. The van der Waals surface area contributed by atoms with E-state index in [2.05, 4.69) is 11.9 Å². The van der Waals surface area contributed by atoms with Crippen molar-refractivity contribution in [1.82, 2.24) is 9.55 Å². The van der Waals surface area contributed by atoms with E-state index in [0.29, 0.717) is 17.3 Å². The second kappa shape index (κ2) is 7.67. The van der Waals surface area contributed by atoms with E-state index in [1.54, 1.807) is 16.7 Å². The van der Waals surface area contributed by atoms with Gasteiger partial charge in [0, 0.05) is 28.8 Å². The van der Waals surface area contributed by atoms with Crippen LogP contribution in [0, 0.1) is 10.1 Å². The topological polar surface area (TPSA) is 98.3 Å². The van der Waals surface area contributed by atoms with Gasteiger partial charge in [-0.1, -0.05) is 19.1 Å². The second-order valence-electron chi connectivity index (χ2n) is 6.87. The number of aromatic nitrogens is 2. The first-order valence-corrected chi connectivity index (χ1v) is 10.0. The minimum absolute atomic E-state index is 0.120. The zero-order valence-corrected chi connectivity index (χ0v) is 16.5. The molecule has 1 aromatic heterocycles. The van der Waals surface area contributed by atoms with Crippen LogP contribution in [-0.2, 0) is 11.3 Å². The fourth-order valence-corrected chi connectivity index (χ4v) is 4.46. The number of hydrogen-bond donors (Lipinski definition) is 0. The summed E-state index contributed by atoms with van der Waals surface area (Å²) in [5, 5.41) is 11.5. The van der Waals surface area contributed by atoms with Crippen molar-refractivity contribution in [3.63, 3.8) is 0 Å². The molecule has 0 spiro atoms. The molecule has 9 heteroatoms. The van der Waals surface area contributed by atoms with Crippen LogP contribution in [0.1, 0.15) is 13.3 Å². The van der Waals surface area contributed by atoms with Gasteiger partial charge in [-0.2, -0.15) is 0 Å². The van der Waals surface area contributed by atoms with Crippen molar-refractivity contribution >= 4 is 39.9 Å². The Balaban J connectivity index is 1.68. The van der Waals surface area contributed by atoms with Gasteiger partial charge in [0.25, 0.3) is 11.2 Å². The van der Waals surface area contributed by atoms with Crippen LogP contribution in [0.2, 0.25) is 0 Å². The van der Waals surface area contributed by atoms with Crippen molar-refractivity contribution in [3.05, 3.63) is 69.3 Å². The number of nitro benzene ring substituents is 1. The number of nitro groups is 1. The van der Waals surface area contributed by atoms with Gasteiger partial charge in [-0.25, -0.2) is 4.98 Å². The predicted octanol–water partition coefficient (Wildman–Crippen LogP) is 3.22. The molecule has 148 valence electrons. The third kappa shape index (κ3) is 3.73. The van der Waals surface area contributed by atoms with Gasteiger partial charge in [0.15, 0.2) is 0 Å². The van der Waals surface area contributed by atoms with Gasteiger partial charge in [0.05, 0.1) is 27.8 Å². The van der Waals surface area contributed by atoms with Gasteiger partial charge in [-0.3, -0.25) is 24.3 Å². The van der Waals surface area contributed by atoms with Crippen LogP contribution in [0.25, 0.3) is 10.9 Å². The normalized spacial score (nSPS) is 16.3. The van der Waals surface area contributed by atoms with Crippen LogP contribution in [-0.4, -0.2) is 32.2 Å². The van der Waals surface area contributed by atoms with Crippen molar-refractivity contribution in [2.75, 3.05) is 11.4 Å². The summed E-state index contributed by atoms with van der Waals surface area (Å²) in [6.07, 6.45) is 2.15. The molecule has 1 aliphatic rings. The molecule has 0 aliphatic carbocycles. The molecule has 29 heavy (non-hydrogen) atoms. The lowest BCUT2D eigenvalue weighted by molar-refractivity contribution is -0.384. The maximum absolute atomic E-state index is 13.1. The van der Waals surface area contributed by atoms with Gasteiger partial charge in [-0.15, -0.1) is 11.8 Å². The van der Waals surface area contributed by atoms with Crippen molar-refractivity contribution in [3.8, 4) is 0 Å². The Morgan fingerprint density at radius 1 is 1.31 bits per heavy atom. The molecule has 0 saturated carbocycles. The molecule has 0 saturated heterocycles. The van der Waals surface area contributed by atoms with E-state index < -0.39 is 10.5 Å². The van der Waals surface area contributed by atoms with Crippen LogP contribution >= 0.6 is 11.8 Å². The molecular formula is C20H18N4O4S. The van der Waals surface area contributed by atoms with Crippen molar-refractivity contribution < 1.29 is 9.72 Å².